The van der Waals surface area contributed by atoms with Gasteiger partial charge in [0.15, 0.2) is 0 Å². The molecule has 1 saturated heterocycles. The minimum atomic E-state index is 0.00502. The Kier molecular flexibility index (Phi) is 8.09. The summed E-state index contributed by atoms with van der Waals surface area (Å²) in [5, 5.41) is 0.393. The van der Waals surface area contributed by atoms with E-state index in [4.69, 9.17) is 6.58 Å². The van der Waals surface area contributed by atoms with Crippen molar-refractivity contribution in [2.75, 3.05) is 6.16 Å². The molecule has 1 fully saturated rings. The van der Waals surface area contributed by atoms with Crippen LogP contribution in [0.3, 0.4) is 0 Å². The summed E-state index contributed by atoms with van der Waals surface area (Å²) in [6.07, 6.45) is 7.00. The van der Waals surface area contributed by atoms with Crippen molar-refractivity contribution in [1.29, 1.82) is 0 Å². The van der Waals surface area contributed by atoms with Crippen LogP contribution in [0.1, 0.15) is 81.1 Å². The normalized spacial score (nSPS) is 27.4. The molecule has 0 aromatic rings. The second-order valence-corrected chi connectivity index (χ2v) is 15.9. The Morgan fingerprint density at radius 1 is 0.818 bits per heavy atom. The molecule has 0 aromatic heterocycles. The van der Waals surface area contributed by atoms with Gasteiger partial charge in [-0.05, 0) is 48.6 Å². The predicted octanol–water partition coefficient (Wildman–Crippen LogP) is 7.86. The van der Waals surface area contributed by atoms with Gasteiger partial charge in [-0.3, -0.25) is 0 Å². The van der Waals surface area contributed by atoms with Crippen LogP contribution in [0.4, 0.5) is 0 Å². The molecule has 0 bridgehead atoms. The number of hydrogen-bond donors (Lipinski definition) is 0. The average Bonchev–Trinajstić information content (AvgIpc) is 2.45. The Balaban J connectivity index is 3.51. The fourth-order valence-corrected chi connectivity index (χ4v) is 17.3. The third-order valence-corrected chi connectivity index (χ3v) is 17.1. The zero-order chi connectivity index (χ0) is 17.1. The van der Waals surface area contributed by atoms with Gasteiger partial charge in [-0.1, -0.05) is 89.2 Å². The van der Waals surface area contributed by atoms with Crippen LogP contribution < -0.4 is 0 Å². The fourth-order valence-electron chi connectivity index (χ4n) is 4.71. The number of rotatable bonds is 4. The summed E-state index contributed by atoms with van der Waals surface area (Å²) in [5.41, 5.74) is 3.29. The highest BCUT2D eigenvalue weighted by atomic mass is 32.1. The Bertz CT molecular complexity index is 347. The molecule has 2 unspecified atom stereocenters. The Labute approximate surface area is 143 Å². The van der Waals surface area contributed by atoms with Crippen molar-refractivity contribution in [2.24, 2.45) is 11.8 Å². The smallest absolute Gasteiger partial charge is 0.0198 e. The molecule has 1 heterocycles. The van der Waals surface area contributed by atoms with E-state index in [1.165, 1.54) is 31.8 Å². The molecule has 0 nitrogen and oxygen atoms in total. The molecular formula is C20H40P2. The summed E-state index contributed by atoms with van der Waals surface area (Å²) < 4.78 is 0. The molecule has 1 aliphatic heterocycles. The van der Waals surface area contributed by atoms with E-state index in [1.807, 2.05) is 0 Å². The zero-order valence-electron chi connectivity index (χ0n) is 16.4. The average molecular weight is 342 g/mol. The van der Waals surface area contributed by atoms with E-state index in [0.717, 1.165) is 23.2 Å². The zero-order valence-corrected chi connectivity index (χ0v) is 18.2. The maximum absolute atomic E-state index is 4.71. The first-order chi connectivity index (χ1) is 10.2. The minimum Gasteiger partial charge on any atom is -0.0989 e. The lowest BCUT2D eigenvalue weighted by Gasteiger charge is -2.54. The Hall–Kier alpha value is 0.600. The monoisotopic (exact) mass is 342 g/mol. The van der Waals surface area contributed by atoms with Crippen LogP contribution >= 0.6 is 15.2 Å². The molecule has 2 heteroatoms. The van der Waals surface area contributed by atoms with Crippen molar-refractivity contribution in [1.82, 2.24) is 0 Å². The lowest BCUT2D eigenvalue weighted by molar-refractivity contribution is 0.364. The van der Waals surface area contributed by atoms with E-state index in [0.29, 0.717) is 5.16 Å². The van der Waals surface area contributed by atoms with Crippen LogP contribution in [-0.4, -0.2) is 22.6 Å². The third kappa shape index (κ3) is 3.98. The van der Waals surface area contributed by atoms with Gasteiger partial charge in [0.2, 0.25) is 0 Å². The van der Waals surface area contributed by atoms with E-state index in [9.17, 15) is 0 Å². The molecule has 0 N–H and O–H groups in total. The van der Waals surface area contributed by atoms with Crippen molar-refractivity contribution in [3.05, 3.63) is 12.2 Å². The number of allylic oxidation sites excluding steroid dienone is 1. The first-order valence-electron chi connectivity index (χ1n) is 9.41. The van der Waals surface area contributed by atoms with E-state index >= 15 is 0 Å². The number of hydrogen-bond acceptors (Lipinski definition) is 0. The molecule has 0 radical (unpaired) electrons. The molecule has 2 atom stereocenters. The van der Waals surface area contributed by atoms with Crippen LogP contribution in [0, 0.1) is 11.8 Å². The first-order valence-corrected chi connectivity index (χ1v) is 13.1. The van der Waals surface area contributed by atoms with Gasteiger partial charge in [0.1, 0.15) is 0 Å². The Morgan fingerprint density at radius 3 is 1.77 bits per heavy atom. The summed E-state index contributed by atoms with van der Waals surface area (Å²) in [5.74, 6) is 1.44. The van der Waals surface area contributed by atoms with Crippen LogP contribution in [0.2, 0.25) is 0 Å². The summed E-state index contributed by atoms with van der Waals surface area (Å²) in [6, 6.07) is 0. The standard InChI is InChI=1S/C20H40P2/c1-15(2)20(16(3)4)19(9)13-11-10-12-14-21(17(5)6)22(20)18(7)8/h15-18H,9-14H2,1-8H3. The van der Waals surface area contributed by atoms with E-state index in [1.54, 1.807) is 5.57 Å². The lowest BCUT2D eigenvalue weighted by atomic mass is 9.77. The summed E-state index contributed by atoms with van der Waals surface area (Å²) >= 11 is 0. The highest BCUT2D eigenvalue weighted by molar-refractivity contribution is 8.31. The van der Waals surface area contributed by atoms with Gasteiger partial charge in [0, 0.05) is 5.16 Å². The highest BCUT2D eigenvalue weighted by Crippen LogP contribution is 2.83. The fraction of sp³-hybridized carbons (Fsp3) is 0.900. The van der Waals surface area contributed by atoms with Gasteiger partial charge in [0.25, 0.3) is 0 Å². The molecular weight excluding hydrogens is 302 g/mol. The van der Waals surface area contributed by atoms with Crippen molar-refractivity contribution >= 4 is 15.2 Å². The molecule has 0 saturated carbocycles. The highest BCUT2D eigenvalue weighted by Gasteiger charge is 2.50. The van der Waals surface area contributed by atoms with Crippen molar-refractivity contribution in [3.8, 4) is 0 Å². The third-order valence-electron chi connectivity index (χ3n) is 5.43. The maximum atomic E-state index is 4.71. The lowest BCUT2D eigenvalue weighted by Crippen LogP contribution is -2.42. The van der Waals surface area contributed by atoms with Crippen molar-refractivity contribution < 1.29 is 0 Å². The summed E-state index contributed by atoms with van der Waals surface area (Å²) in [7, 11) is 0.135. The van der Waals surface area contributed by atoms with E-state index in [2.05, 4.69) is 55.4 Å². The molecule has 22 heavy (non-hydrogen) atoms. The molecule has 0 aromatic carbocycles. The van der Waals surface area contributed by atoms with Crippen LogP contribution in [0.15, 0.2) is 12.2 Å². The molecule has 130 valence electrons. The minimum absolute atomic E-state index is 0.00502. The second-order valence-electron chi connectivity index (χ2n) is 8.24. The van der Waals surface area contributed by atoms with Gasteiger partial charge in [-0.25, -0.2) is 0 Å². The first kappa shape index (κ1) is 20.6. The van der Waals surface area contributed by atoms with Gasteiger partial charge in [-0.2, -0.15) is 0 Å². The van der Waals surface area contributed by atoms with Gasteiger partial charge in [-0.15, -0.1) is 0 Å². The van der Waals surface area contributed by atoms with Gasteiger partial charge in [0.05, 0.1) is 0 Å². The largest absolute Gasteiger partial charge is 0.0989 e. The summed E-state index contributed by atoms with van der Waals surface area (Å²) in [4.78, 5) is 0. The predicted molar refractivity (Wildman–Crippen MR) is 109 cm³/mol. The van der Waals surface area contributed by atoms with Crippen LogP contribution in [0.25, 0.3) is 0 Å². The van der Waals surface area contributed by atoms with Crippen molar-refractivity contribution in [2.45, 2.75) is 97.5 Å². The van der Waals surface area contributed by atoms with Crippen LogP contribution in [0.5, 0.6) is 0 Å². The van der Waals surface area contributed by atoms with E-state index in [-0.39, 0.29) is 15.2 Å². The van der Waals surface area contributed by atoms with Crippen LogP contribution in [-0.2, 0) is 0 Å². The molecule has 0 aliphatic carbocycles. The quantitative estimate of drug-likeness (QED) is 0.360. The van der Waals surface area contributed by atoms with Crippen molar-refractivity contribution in [3.63, 3.8) is 0 Å². The molecule has 1 rings (SSSR count). The topological polar surface area (TPSA) is 0 Å². The second kappa shape index (κ2) is 8.62. The van der Waals surface area contributed by atoms with Gasteiger partial charge >= 0.3 is 0 Å². The molecule has 1 aliphatic rings. The summed E-state index contributed by atoms with van der Waals surface area (Å²) in [6.45, 7) is 24.6. The Morgan fingerprint density at radius 2 is 1.36 bits per heavy atom. The van der Waals surface area contributed by atoms with Gasteiger partial charge < -0.3 is 0 Å². The maximum Gasteiger partial charge on any atom is 0.0198 e. The molecule has 0 spiro atoms. The molecule has 0 amide bonds. The van der Waals surface area contributed by atoms with E-state index < -0.39 is 0 Å². The SMILES string of the molecule is C=C1CCCCCP(C(C)C)P(C(C)C)C1(C(C)C)C(C)C.